The maximum atomic E-state index is 5.33. The van der Waals surface area contributed by atoms with Crippen molar-refractivity contribution in [2.24, 2.45) is 4.99 Å². The lowest BCUT2D eigenvalue weighted by Crippen LogP contribution is -2.36. The second-order valence-corrected chi connectivity index (χ2v) is 8.32. The molecule has 3 atom stereocenters. The van der Waals surface area contributed by atoms with Crippen molar-refractivity contribution in [2.45, 2.75) is 31.5 Å². The van der Waals surface area contributed by atoms with Gasteiger partial charge in [-0.05, 0) is 55.0 Å². The van der Waals surface area contributed by atoms with E-state index in [1.165, 1.54) is 5.69 Å². The van der Waals surface area contributed by atoms with Gasteiger partial charge in [-0.1, -0.05) is 24.8 Å². The molecule has 0 bridgehead atoms. The highest BCUT2D eigenvalue weighted by atomic mass is 32.2. The fraction of sp³-hybridized carbons (Fsp3) is 0.304. The maximum absolute atomic E-state index is 5.33. The molecule has 1 saturated heterocycles. The number of methoxy groups -OCH3 is 1. The number of fused-ring (bicyclic) bond motifs is 1. The van der Waals surface area contributed by atoms with Crippen molar-refractivity contribution in [1.29, 1.82) is 0 Å². The van der Waals surface area contributed by atoms with Crippen molar-refractivity contribution in [3.8, 4) is 11.4 Å². The fourth-order valence-electron chi connectivity index (χ4n) is 4.28. The van der Waals surface area contributed by atoms with Crippen molar-refractivity contribution in [2.75, 3.05) is 12.9 Å². The van der Waals surface area contributed by atoms with Gasteiger partial charge < -0.3 is 14.2 Å². The SMILES string of the molecule is CC[C@@H]1CSC2=N[C@@H](c3ccccn3)[C@H](c3cccn3-c3ccc(OC)cc3)N21. The van der Waals surface area contributed by atoms with Crippen LogP contribution in [-0.4, -0.2) is 38.5 Å². The number of thioether (sulfide) groups is 1. The molecule has 148 valence electrons. The van der Waals surface area contributed by atoms with E-state index in [0.717, 1.165) is 34.5 Å². The summed E-state index contributed by atoms with van der Waals surface area (Å²) in [4.78, 5) is 12.3. The van der Waals surface area contributed by atoms with Crippen LogP contribution in [0.1, 0.15) is 36.8 Å². The molecule has 0 radical (unpaired) electrons. The molecule has 5 rings (SSSR count). The first-order valence-electron chi connectivity index (χ1n) is 10.0. The fourth-order valence-corrected chi connectivity index (χ4v) is 5.62. The minimum Gasteiger partial charge on any atom is -0.497 e. The monoisotopic (exact) mass is 404 g/mol. The summed E-state index contributed by atoms with van der Waals surface area (Å²) in [5.74, 6) is 1.96. The predicted octanol–water partition coefficient (Wildman–Crippen LogP) is 4.86. The smallest absolute Gasteiger partial charge is 0.160 e. The number of benzene rings is 1. The Bertz CT molecular complexity index is 1010. The number of hydrogen-bond acceptors (Lipinski definition) is 5. The standard InChI is InChI=1S/C23H24N4OS/c1-3-16-15-29-23-25-21(19-7-4-5-13-24-19)22(27(16)23)20-8-6-14-26(20)17-9-11-18(28-2)12-10-17/h4-14,16,21-22H,3,15H2,1-2H3/t16-,21+,22+/m1/s1. The predicted molar refractivity (Wildman–Crippen MR) is 118 cm³/mol. The van der Waals surface area contributed by atoms with Gasteiger partial charge in [0, 0.05) is 35.6 Å². The van der Waals surface area contributed by atoms with Crippen molar-refractivity contribution < 1.29 is 4.74 Å². The summed E-state index contributed by atoms with van der Waals surface area (Å²) in [6.45, 7) is 2.27. The second-order valence-electron chi connectivity index (χ2n) is 7.34. The average molecular weight is 405 g/mol. The summed E-state index contributed by atoms with van der Waals surface area (Å²) in [5.41, 5.74) is 3.39. The minimum absolute atomic E-state index is 0.0000478. The van der Waals surface area contributed by atoms with E-state index in [4.69, 9.17) is 9.73 Å². The Hall–Kier alpha value is -2.73. The third kappa shape index (κ3) is 3.12. The van der Waals surface area contributed by atoms with E-state index in [9.17, 15) is 0 Å². The molecule has 0 aliphatic carbocycles. The molecule has 0 saturated carbocycles. The van der Waals surface area contributed by atoms with Gasteiger partial charge >= 0.3 is 0 Å². The van der Waals surface area contributed by atoms with Gasteiger partial charge in [-0.25, -0.2) is 0 Å². The van der Waals surface area contributed by atoms with Gasteiger partial charge in [-0.3, -0.25) is 9.98 Å². The van der Waals surface area contributed by atoms with Crippen LogP contribution in [0, 0.1) is 0 Å². The summed E-state index contributed by atoms with van der Waals surface area (Å²) in [6, 6.07) is 19.3. The average Bonchev–Trinajstić information content (AvgIpc) is 3.49. The van der Waals surface area contributed by atoms with E-state index in [2.05, 4.69) is 64.0 Å². The molecule has 2 aliphatic rings. The number of aromatic nitrogens is 2. The van der Waals surface area contributed by atoms with Gasteiger partial charge in [0.15, 0.2) is 5.17 Å². The van der Waals surface area contributed by atoms with Crippen LogP contribution in [0.25, 0.3) is 5.69 Å². The third-order valence-corrected chi connectivity index (χ3v) is 6.89. The van der Waals surface area contributed by atoms with Crippen LogP contribution in [0.15, 0.2) is 72.0 Å². The molecule has 2 aliphatic heterocycles. The number of amidine groups is 1. The maximum Gasteiger partial charge on any atom is 0.160 e. The molecule has 6 heteroatoms. The molecule has 1 fully saturated rings. The minimum atomic E-state index is -0.0000478. The lowest BCUT2D eigenvalue weighted by atomic mass is 9.99. The molecule has 0 unspecified atom stereocenters. The highest BCUT2D eigenvalue weighted by Crippen LogP contribution is 2.48. The molecule has 0 N–H and O–H groups in total. The summed E-state index contributed by atoms with van der Waals surface area (Å²) in [5, 5.41) is 1.15. The van der Waals surface area contributed by atoms with Crippen LogP contribution >= 0.6 is 11.8 Å². The van der Waals surface area contributed by atoms with E-state index < -0.39 is 0 Å². The van der Waals surface area contributed by atoms with Gasteiger partial charge in [0.25, 0.3) is 0 Å². The van der Waals surface area contributed by atoms with Crippen molar-refractivity contribution in [3.05, 3.63) is 78.4 Å². The van der Waals surface area contributed by atoms with E-state index in [1.54, 1.807) is 7.11 Å². The molecule has 0 spiro atoms. The quantitative estimate of drug-likeness (QED) is 0.609. The molecule has 2 aromatic heterocycles. The highest BCUT2D eigenvalue weighted by molar-refractivity contribution is 8.14. The first-order chi connectivity index (χ1) is 14.3. The topological polar surface area (TPSA) is 42.6 Å². The van der Waals surface area contributed by atoms with Crippen LogP contribution in [0.3, 0.4) is 0 Å². The number of pyridine rings is 1. The van der Waals surface area contributed by atoms with Gasteiger partial charge in [0.2, 0.25) is 0 Å². The van der Waals surface area contributed by atoms with Crippen LogP contribution in [-0.2, 0) is 0 Å². The van der Waals surface area contributed by atoms with Gasteiger partial charge in [0.1, 0.15) is 17.8 Å². The molecule has 3 aromatic rings. The summed E-state index contributed by atoms with van der Waals surface area (Å²) >= 11 is 1.87. The molecule has 29 heavy (non-hydrogen) atoms. The Balaban J connectivity index is 1.60. The largest absolute Gasteiger partial charge is 0.497 e. The van der Waals surface area contributed by atoms with Gasteiger partial charge in [0.05, 0.1) is 12.8 Å². The normalized spacial score (nSPS) is 23.2. The number of rotatable bonds is 5. The number of nitrogens with zero attached hydrogens (tertiary/aromatic N) is 4. The first-order valence-corrected chi connectivity index (χ1v) is 11.0. The zero-order chi connectivity index (χ0) is 19.8. The van der Waals surface area contributed by atoms with Crippen LogP contribution in [0.4, 0.5) is 0 Å². The molecule has 4 heterocycles. The number of hydrogen-bond donors (Lipinski definition) is 0. The summed E-state index contributed by atoms with van der Waals surface area (Å²) < 4.78 is 7.60. The lowest BCUT2D eigenvalue weighted by molar-refractivity contribution is 0.249. The van der Waals surface area contributed by atoms with E-state index in [0.29, 0.717) is 6.04 Å². The Morgan fingerprint density at radius 1 is 1.10 bits per heavy atom. The molecular weight excluding hydrogens is 380 g/mol. The lowest BCUT2D eigenvalue weighted by Gasteiger charge is -2.32. The molecule has 0 amide bonds. The summed E-state index contributed by atoms with van der Waals surface area (Å²) in [7, 11) is 1.70. The third-order valence-electron chi connectivity index (χ3n) is 5.76. The van der Waals surface area contributed by atoms with Gasteiger partial charge in [-0.2, -0.15) is 0 Å². The first kappa shape index (κ1) is 18.3. The highest BCUT2D eigenvalue weighted by Gasteiger charge is 2.46. The van der Waals surface area contributed by atoms with E-state index in [-0.39, 0.29) is 12.1 Å². The number of ether oxygens (including phenoxy) is 1. The molecular formula is C23H24N4OS. The van der Waals surface area contributed by atoms with Crippen LogP contribution in [0.5, 0.6) is 5.75 Å². The molecule has 1 aromatic carbocycles. The Morgan fingerprint density at radius 2 is 1.97 bits per heavy atom. The zero-order valence-electron chi connectivity index (χ0n) is 16.6. The van der Waals surface area contributed by atoms with Crippen LogP contribution in [0.2, 0.25) is 0 Å². The van der Waals surface area contributed by atoms with Crippen molar-refractivity contribution in [3.63, 3.8) is 0 Å². The van der Waals surface area contributed by atoms with Crippen LogP contribution < -0.4 is 4.74 Å². The van der Waals surface area contributed by atoms with Crippen molar-refractivity contribution in [1.82, 2.24) is 14.5 Å². The van der Waals surface area contributed by atoms with E-state index >= 15 is 0 Å². The zero-order valence-corrected chi connectivity index (χ0v) is 17.4. The number of aliphatic imine (C=N–C) groups is 1. The Labute approximate surface area is 175 Å². The van der Waals surface area contributed by atoms with Gasteiger partial charge in [-0.15, -0.1) is 0 Å². The summed E-state index contributed by atoms with van der Waals surface area (Å²) in [6.07, 6.45) is 5.11. The Morgan fingerprint density at radius 3 is 2.69 bits per heavy atom. The van der Waals surface area contributed by atoms with Crippen molar-refractivity contribution >= 4 is 16.9 Å². The Kier molecular flexibility index (Phi) is 4.79. The second kappa shape index (κ2) is 7.59. The molecule has 5 nitrogen and oxygen atoms in total. The van der Waals surface area contributed by atoms with E-state index in [1.807, 2.05) is 36.2 Å².